The van der Waals surface area contributed by atoms with E-state index < -0.39 is 35.1 Å². The van der Waals surface area contributed by atoms with Crippen LogP contribution in [0, 0.1) is 5.92 Å². The Morgan fingerprint density at radius 3 is 2.81 bits per heavy atom. The second kappa shape index (κ2) is 8.89. The Hall–Kier alpha value is -3.36. The summed E-state index contributed by atoms with van der Waals surface area (Å²) in [5.41, 5.74) is 0.982. The molecule has 6 rings (SSSR count). The summed E-state index contributed by atoms with van der Waals surface area (Å²) < 4.78 is 17.9. The van der Waals surface area contributed by atoms with Gasteiger partial charge in [0, 0.05) is 12.1 Å². The van der Waals surface area contributed by atoms with Crippen LogP contribution >= 0.6 is 0 Å². The van der Waals surface area contributed by atoms with Crippen molar-refractivity contribution in [2.75, 3.05) is 13.7 Å². The van der Waals surface area contributed by atoms with Gasteiger partial charge in [-0.25, -0.2) is 0 Å². The third kappa shape index (κ3) is 3.49. The molecule has 1 heterocycles. The van der Waals surface area contributed by atoms with Crippen LogP contribution in [0.1, 0.15) is 54.9 Å². The number of hydrogen-bond acceptors (Lipinski definition) is 7. The SMILES string of the molecule is COc1ccc2c3c1O[C@H]1C(OC(=O)CCNC(=O)[C@@H](O)c4ccccc4)=CC[C@@]4(O)[C@H](CCC[C@]314)C2. The number of nitrogens with one attached hydrogen (secondary N) is 1. The number of hydrogen-bond donors (Lipinski definition) is 3. The number of methoxy groups -OCH3 is 1. The van der Waals surface area contributed by atoms with Gasteiger partial charge in [-0.15, -0.1) is 0 Å². The summed E-state index contributed by atoms with van der Waals surface area (Å²) in [7, 11) is 1.60. The Bertz CT molecular complexity index is 1270. The molecule has 2 aromatic carbocycles. The first kappa shape index (κ1) is 24.0. The van der Waals surface area contributed by atoms with E-state index in [1.807, 2.05) is 6.07 Å². The first-order valence-electron chi connectivity index (χ1n) is 12.9. The minimum Gasteiger partial charge on any atom is -0.493 e. The van der Waals surface area contributed by atoms with E-state index >= 15 is 0 Å². The summed E-state index contributed by atoms with van der Waals surface area (Å²) in [4.78, 5) is 25.1. The van der Waals surface area contributed by atoms with Gasteiger partial charge in [0.2, 0.25) is 0 Å². The van der Waals surface area contributed by atoms with Crippen LogP contribution in [0.15, 0.2) is 54.3 Å². The molecular weight excluding hydrogens is 474 g/mol. The Balaban J connectivity index is 1.18. The van der Waals surface area contributed by atoms with Crippen LogP contribution in [0.25, 0.3) is 0 Å². The van der Waals surface area contributed by atoms with Crippen LogP contribution < -0.4 is 14.8 Å². The molecule has 8 nitrogen and oxygen atoms in total. The van der Waals surface area contributed by atoms with Crippen LogP contribution in [0.3, 0.4) is 0 Å². The number of carbonyl (C=O) groups excluding carboxylic acids is 2. The summed E-state index contributed by atoms with van der Waals surface area (Å²) in [5, 5.41) is 24.9. The molecule has 5 atom stereocenters. The monoisotopic (exact) mass is 505 g/mol. The minimum absolute atomic E-state index is 0.0235. The number of carbonyl (C=O) groups is 2. The molecule has 2 bridgehead atoms. The highest BCUT2D eigenvalue weighted by molar-refractivity contribution is 5.82. The van der Waals surface area contributed by atoms with Crippen LogP contribution in [0.5, 0.6) is 11.5 Å². The highest BCUT2D eigenvalue weighted by Crippen LogP contribution is 2.67. The minimum atomic E-state index is -1.31. The molecular formula is C29H31NO7. The van der Waals surface area contributed by atoms with Crippen LogP contribution in [0.2, 0.25) is 0 Å². The van der Waals surface area contributed by atoms with E-state index in [0.29, 0.717) is 29.2 Å². The summed E-state index contributed by atoms with van der Waals surface area (Å²) >= 11 is 0. The van der Waals surface area contributed by atoms with Crippen LogP contribution in [-0.4, -0.2) is 47.4 Å². The summed E-state index contributed by atoms with van der Waals surface area (Å²) in [6.07, 6.45) is 3.60. The second-order valence-electron chi connectivity index (χ2n) is 10.5. The molecule has 3 N–H and O–H groups in total. The summed E-state index contributed by atoms with van der Waals surface area (Å²) in [5.74, 6) is 0.659. The number of benzene rings is 2. The fourth-order valence-electron chi connectivity index (χ4n) is 7.04. The molecule has 1 aliphatic heterocycles. The average Bonchev–Trinajstić information content (AvgIpc) is 3.25. The van der Waals surface area contributed by atoms with E-state index in [0.717, 1.165) is 31.2 Å². The highest BCUT2D eigenvalue weighted by atomic mass is 16.6. The van der Waals surface area contributed by atoms with E-state index in [2.05, 4.69) is 11.4 Å². The molecule has 0 saturated heterocycles. The second-order valence-corrected chi connectivity index (χ2v) is 10.5. The smallest absolute Gasteiger partial charge is 0.312 e. The molecule has 4 aliphatic rings. The molecule has 1 spiro atoms. The van der Waals surface area contributed by atoms with Crippen molar-refractivity contribution in [2.45, 2.75) is 61.7 Å². The first-order valence-corrected chi connectivity index (χ1v) is 12.9. The Kier molecular flexibility index (Phi) is 5.76. The van der Waals surface area contributed by atoms with Gasteiger partial charge in [0.25, 0.3) is 5.91 Å². The highest BCUT2D eigenvalue weighted by Gasteiger charge is 2.70. The van der Waals surface area contributed by atoms with E-state index in [-0.39, 0.29) is 18.9 Å². The van der Waals surface area contributed by atoms with Gasteiger partial charge in [0.05, 0.1) is 24.5 Å². The predicted molar refractivity (Wildman–Crippen MR) is 133 cm³/mol. The van der Waals surface area contributed by atoms with Gasteiger partial charge in [0.15, 0.2) is 23.7 Å². The number of rotatable bonds is 7. The molecule has 1 fully saturated rings. The molecule has 3 aliphatic carbocycles. The van der Waals surface area contributed by atoms with Crippen molar-refractivity contribution in [1.82, 2.24) is 5.32 Å². The zero-order chi connectivity index (χ0) is 25.8. The van der Waals surface area contributed by atoms with Gasteiger partial charge in [-0.3, -0.25) is 9.59 Å². The molecule has 1 amide bonds. The number of aliphatic hydroxyl groups excluding tert-OH is 1. The first-order chi connectivity index (χ1) is 17.9. The third-order valence-corrected chi connectivity index (χ3v) is 8.69. The van der Waals surface area contributed by atoms with Crippen molar-refractivity contribution < 1.29 is 34.0 Å². The molecule has 1 saturated carbocycles. The van der Waals surface area contributed by atoms with E-state index in [4.69, 9.17) is 14.2 Å². The van der Waals surface area contributed by atoms with Crippen molar-refractivity contribution in [2.24, 2.45) is 5.92 Å². The van der Waals surface area contributed by atoms with Gasteiger partial charge in [-0.05, 0) is 54.9 Å². The lowest BCUT2D eigenvalue weighted by Gasteiger charge is -2.59. The third-order valence-electron chi connectivity index (χ3n) is 8.69. The van der Waals surface area contributed by atoms with Crippen molar-refractivity contribution in [3.8, 4) is 11.5 Å². The van der Waals surface area contributed by atoms with Gasteiger partial charge in [-0.1, -0.05) is 42.8 Å². The normalized spacial score (nSPS) is 29.3. The van der Waals surface area contributed by atoms with Crippen molar-refractivity contribution in [3.05, 3.63) is 71.0 Å². The lowest BCUT2D eigenvalue weighted by atomic mass is 9.47. The summed E-state index contributed by atoms with van der Waals surface area (Å²) in [6.45, 7) is 0.0235. The van der Waals surface area contributed by atoms with E-state index in [1.54, 1.807) is 43.5 Å². The van der Waals surface area contributed by atoms with Crippen molar-refractivity contribution >= 4 is 11.9 Å². The molecule has 0 radical (unpaired) electrons. The Labute approximate surface area is 215 Å². The van der Waals surface area contributed by atoms with E-state index in [1.165, 1.54) is 5.56 Å². The number of esters is 1. The molecule has 194 valence electrons. The Morgan fingerprint density at radius 2 is 2.03 bits per heavy atom. The number of ether oxygens (including phenoxy) is 3. The van der Waals surface area contributed by atoms with E-state index in [9.17, 15) is 19.8 Å². The van der Waals surface area contributed by atoms with Gasteiger partial charge in [-0.2, -0.15) is 0 Å². The zero-order valence-electron chi connectivity index (χ0n) is 20.7. The standard InChI is InChI=1S/C29H31NO7/c1-35-20-10-9-18-16-19-8-5-13-28-23(18)25(20)37-26(28)21(11-14-29(19,28)34)36-22(31)12-15-30-27(33)24(32)17-6-3-2-4-7-17/h2-4,6-7,9-11,19,24,26,32,34H,5,8,12-16H2,1H3,(H,30,33)/t19-,24+,26+,28+,29-/m1/s1. The molecule has 2 aromatic rings. The molecule has 8 heteroatoms. The van der Waals surface area contributed by atoms with Gasteiger partial charge in [0.1, 0.15) is 5.76 Å². The lowest BCUT2D eigenvalue weighted by Crippen LogP contribution is -2.67. The molecule has 37 heavy (non-hydrogen) atoms. The fraction of sp³-hybridized carbons (Fsp3) is 0.448. The van der Waals surface area contributed by atoms with Crippen LogP contribution in [0.4, 0.5) is 0 Å². The van der Waals surface area contributed by atoms with Gasteiger partial charge >= 0.3 is 5.97 Å². The lowest BCUT2D eigenvalue weighted by molar-refractivity contribution is -0.160. The maximum atomic E-state index is 12.8. The molecule has 0 aromatic heterocycles. The predicted octanol–water partition coefficient (Wildman–Crippen LogP) is 2.85. The molecule has 0 unspecified atom stereocenters. The number of aliphatic hydroxyl groups is 2. The zero-order valence-corrected chi connectivity index (χ0v) is 20.7. The number of amides is 1. The summed E-state index contributed by atoms with van der Waals surface area (Å²) in [6, 6.07) is 12.6. The maximum Gasteiger partial charge on any atom is 0.312 e. The Morgan fingerprint density at radius 1 is 1.22 bits per heavy atom. The largest absolute Gasteiger partial charge is 0.493 e. The average molecular weight is 506 g/mol. The fourth-order valence-corrected chi connectivity index (χ4v) is 7.04. The van der Waals surface area contributed by atoms with Crippen molar-refractivity contribution in [1.29, 1.82) is 0 Å². The topological polar surface area (TPSA) is 114 Å². The van der Waals surface area contributed by atoms with Gasteiger partial charge < -0.3 is 29.7 Å². The van der Waals surface area contributed by atoms with Crippen molar-refractivity contribution in [3.63, 3.8) is 0 Å². The van der Waals surface area contributed by atoms with Crippen LogP contribution in [-0.2, 0) is 26.2 Å². The quantitative estimate of drug-likeness (QED) is 0.496. The maximum absolute atomic E-state index is 12.8.